The van der Waals surface area contributed by atoms with E-state index in [4.69, 9.17) is 4.43 Å². The molecule has 0 N–H and O–H groups in total. The van der Waals surface area contributed by atoms with Gasteiger partial charge in [-0.05, 0) is 55.2 Å². The SMILES string of the molecule is C[C@H](C=O)[C@@H]1CC[C@H](C)[C@@H]1C(=O)C#CCCCO[Si](C)(C)C(C)(C)C. The summed E-state index contributed by atoms with van der Waals surface area (Å²) in [5, 5.41) is 0.220. The number of unbranched alkanes of at least 4 members (excludes halogenated alkanes) is 1. The first-order valence-electron chi connectivity index (χ1n) is 9.63. The van der Waals surface area contributed by atoms with E-state index in [9.17, 15) is 9.59 Å². The van der Waals surface area contributed by atoms with Crippen LogP contribution in [0.4, 0.5) is 0 Å². The first kappa shape index (κ1) is 22.1. The Bertz CT molecular complexity index is 521. The van der Waals surface area contributed by atoms with Gasteiger partial charge in [-0.2, -0.15) is 0 Å². The van der Waals surface area contributed by atoms with Crippen molar-refractivity contribution in [2.45, 2.75) is 78.4 Å². The van der Waals surface area contributed by atoms with E-state index < -0.39 is 8.32 Å². The van der Waals surface area contributed by atoms with Crippen LogP contribution in [0.1, 0.15) is 60.3 Å². The van der Waals surface area contributed by atoms with Crippen molar-refractivity contribution in [3.63, 3.8) is 0 Å². The molecule has 0 unspecified atom stereocenters. The first-order valence-corrected chi connectivity index (χ1v) is 12.5. The summed E-state index contributed by atoms with van der Waals surface area (Å²) >= 11 is 0. The van der Waals surface area contributed by atoms with Crippen molar-refractivity contribution in [3.05, 3.63) is 0 Å². The van der Waals surface area contributed by atoms with Crippen molar-refractivity contribution in [2.24, 2.45) is 23.7 Å². The van der Waals surface area contributed by atoms with Crippen molar-refractivity contribution in [2.75, 3.05) is 6.61 Å². The molecule has 142 valence electrons. The van der Waals surface area contributed by atoms with Crippen LogP contribution in [0.2, 0.25) is 18.1 Å². The Labute approximate surface area is 155 Å². The molecular formula is C21H36O3Si. The summed E-state index contributed by atoms with van der Waals surface area (Å²) in [7, 11) is -1.69. The Morgan fingerprint density at radius 1 is 1.32 bits per heavy atom. The molecule has 0 amide bonds. The van der Waals surface area contributed by atoms with Crippen LogP contribution >= 0.6 is 0 Å². The lowest BCUT2D eigenvalue weighted by molar-refractivity contribution is -0.121. The molecule has 1 aliphatic rings. The highest BCUT2D eigenvalue weighted by Gasteiger charge is 2.40. The molecule has 0 aromatic heterocycles. The van der Waals surface area contributed by atoms with Gasteiger partial charge in [0.2, 0.25) is 5.78 Å². The molecule has 1 fully saturated rings. The highest BCUT2D eigenvalue weighted by molar-refractivity contribution is 6.74. The topological polar surface area (TPSA) is 43.4 Å². The van der Waals surface area contributed by atoms with E-state index in [0.29, 0.717) is 18.9 Å². The summed E-state index contributed by atoms with van der Waals surface area (Å²) in [4.78, 5) is 23.6. The molecule has 0 heterocycles. The second-order valence-corrected chi connectivity index (χ2v) is 13.9. The van der Waals surface area contributed by atoms with Gasteiger partial charge in [-0.3, -0.25) is 4.79 Å². The predicted octanol–water partition coefficient (Wildman–Crippen LogP) is 4.86. The average Bonchev–Trinajstić information content (AvgIpc) is 2.90. The van der Waals surface area contributed by atoms with Gasteiger partial charge in [0.1, 0.15) is 6.29 Å². The summed E-state index contributed by atoms with van der Waals surface area (Å²) in [5.74, 6) is 6.26. The first-order chi connectivity index (χ1) is 11.5. The zero-order valence-corrected chi connectivity index (χ0v) is 18.1. The largest absolute Gasteiger partial charge is 0.417 e. The van der Waals surface area contributed by atoms with Crippen LogP contribution in [-0.4, -0.2) is 27.0 Å². The number of aldehydes is 1. The van der Waals surface area contributed by atoms with Crippen LogP contribution in [0, 0.1) is 35.5 Å². The second-order valence-electron chi connectivity index (χ2n) is 9.12. The maximum Gasteiger partial charge on any atom is 0.209 e. The maximum absolute atomic E-state index is 12.5. The molecule has 0 radical (unpaired) electrons. The highest BCUT2D eigenvalue weighted by atomic mass is 28.4. The van der Waals surface area contributed by atoms with E-state index >= 15 is 0 Å². The standard InChI is InChI=1S/C21H36O3Si/c1-16-12-13-18(17(2)15-22)20(16)19(23)11-9-8-10-14-24-25(6,7)21(3,4)5/h15-18,20H,8,10,12-14H2,1-7H3/t16-,17+,18-,20-/m0/s1. The fraction of sp³-hybridized carbons (Fsp3) is 0.810. The molecule has 0 aromatic rings. The Hall–Kier alpha value is -0.923. The Balaban J connectivity index is 2.47. The molecule has 4 atom stereocenters. The predicted molar refractivity (Wildman–Crippen MR) is 106 cm³/mol. The highest BCUT2D eigenvalue weighted by Crippen LogP contribution is 2.41. The summed E-state index contributed by atoms with van der Waals surface area (Å²) in [6.07, 6.45) is 4.51. The van der Waals surface area contributed by atoms with Crippen molar-refractivity contribution in [1.29, 1.82) is 0 Å². The molecule has 0 aromatic carbocycles. The van der Waals surface area contributed by atoms with Crippen LogP contribution in [0.3, 0.4) is 0 Å². The summed E-state index contributed by atoms with van der Waals surface area (Å²) < 4.78 is 6.13. The van der Waals surface area contributed by atoms with Crippen LogP contribution in [-0.2, 0) is 14.0 Å². The molecular weight excluding hydrogens is 328 g/mol. The van der Waals surface area contributed by atoms with Gasteiger partial charge in [-0.1, -0.05) is 40.5 Å². The Kier molecular flexibility index (Phi) is 8.09. The third-order valence-corrected chi connectivity index (χ3v) is 10.7. The van der Waals surface area contributed by atoms with Gasteiger partial charge in [-0.15, -0.1) is 0 Å². The van der Waals surface area contributed by atoms with Gasteiger partial charge in [0, 0.05) is 24.9 Å². The quantitative estimate of drug-likeness (QED) is 0.213. The number of ketones is 1. The third-order valence-electron chi connectivity index (χ3n) is 6.15. The minimum atomic E-state index is -1.69. The van der Waals surface area contributed by atoms with Crippen molar-refractivity contribution in [1.82, 2.24) is 0 Å². The molecule has 1 aliphatic carbocycles. The van der Waals surface area contributed by atoms with E-state index in [1.54, 1.807) is 0 Å². The molecule has 3 nitrogen and oxygen atoms in total. The Morgan fingerprint density at radius 2 is 1.96 bits per heavy atom. The fourth-order valence-electron chi connectivity index (χ4n) is 3.32. The number of rotatable bonds is 7. The number of hydrogen-bond donors (Lipinski definition) is 0. The number of Topliss-reactive ketones (excluding diaryl/α,β-unsaturated/α-hetero) is 1. The van der Waals surface area contributed by atoms with Gasteiger partial charge >= 0.3 is 0 Å². The number of carbonyl (C=O) groups excluding carboxylic acids is 2. The maximum atomic E-state index is 12.5. The molecule has 0 aliphatic heterocycles. The molecule has 0 saturated heterocycles. The van der Waals surface area contributed by atoms with Crippen LogP contribution < -0.4 is 0 Å². The monoisotopic (exact) mass is 364 g/mol. The molecule has 0 spiro atoms. The van der Waals surface area contributed by atoms with Gasteiger partial charge in [0.25, 0.3) is 0 Å². The molecule has 0 bridgehead atoms. The summed E-state index contributed by atoms with van der Waals surface area (Å²) in [6, 6.07) is 0. The Morgan fingerprint density at radius 3 is 2.52 bits per heavy atom. The average molecular weight is 365 g/mol. The lowest BCUT2D eigenvalue weighted by atomic mass is 9.80. The summed E-state index contributed by atoms with van der Waals surface area (Å²) in [6.45, 7) is 15.9. The van der Waals surface area contributed by atoms with Crippen molar-refractivity contribution in [3.8, 4) is 11.8 Å². The zero-order chi connectivity index (χ0) is 19.3. The van der Waals surface area contributed by atoms with E-state index in [1.165, 1.54) is 0 Å². The molecule has 1 rings (SSSR count). The van der Waals surface area contributed by atoms with Crippen LogP contribution in [0.5, 0.6) is 0 Å². The molecule has 1 saturated carbocycles. The van der Waals surface area contributed by atoms with Gasteiger partial charge < -0.3 is 9.22 Å². The van der Waals surface area contributed by atoms with E-state index in [2.05, 4.69) is 52.6 Å². The molecule has 4 heteroatoms. The van der Waals surface area contributed by atoms with Crippen molar-refractivity contribution >= 4 is 20.4 Å². The van der Waals surface area contributed by atoms with Crippen LogP contribution in [0.25, 0.3) is 0 Å². The lowest BCUT2D eigenvalue weighted by Crippen LogP contribution is -2.40. The number of hydrogen-bond acceptors (Lipinski definition) is 3. The normalized spacial score (nSPS) is 25.2. The minimum absolute atomic E-state index is 0.0222. The number of carbonyl (C=O) groups is 2. The van der Waals surface area contributed by atoms with E-state index in [1.807, 2.05) is 6.92 Å². The lowest BCUT2D eigenvalue weighted by Gasteiger charge is -2.36. The van der Waals surface area contributed by atoms with E-state index in [0.717, 1.165) is 25.5 Å². The minimum Gasteiger partial charge on any atom is -0.417 e. The van der Waals surface area contributed by atoms with E-state index in [-0.39, 0.29) is 28.6 Å². The zero-order valence-electron chi connectivity index (χ0n) is 17.1. The molecule has 25 heavy (non-hydrogen) atoms. The van der Waals surface area contributed by atoms with Gasteiger partial charge in [0.05, 0.1) is 0 Å². The second kappa shape index (κ2) is 9.14. The van der Waals surface area contributed by atoms with Gasteiger partial charge in [0.15, 0.2) is 8.32 Å². The van der Waals surface area contributed by atoms with Gasteiger partial charge in [-0.25, -0.2) is 0 Å². The third kappa shape index (κ3) is 6.08. The summed E-state index contributed by atoms with van der Waals surface area (Å²) in [5.41, 5.74) is 0. The smallest absolute Gasteiger partial charge is 0.209 e. The fourth-order valence-corrected chi connectivity index (χ4v) is 4.41. The van der Waals surface area contributed by atoms with Crippen LogP contribution in [0.15, 0.2) is 0 Å². The van der Waals surface area contributed by atoms with Crippen molar-refractivity contribution < 1.29 is 14.0 Å².